The maximum Gasteiger partial charge on any atom is 0.287 e. The summed E-state index contributed by atoms with van der Waals surface area (Å²) in [7, 11) is 0. The molecule has 0 aliphatic heterocycles. The molecule has 5 heteroatoms. The number of furan rings is 3. The lowest BCUT2D eigenvalue weighted by atomic mass is 10.2. The van der Waals surface area contributed by atoms with Crippen LogP contribution in [0.4, 0.5) is 0 Å². The van der Waals surface area contributed by atoms with E-state index in [1.54, 1.807) is 18.6 Å². The molecule has 1 N–H and O–H groups in total. The molecule has 0 spiro atoms. The number of hydrogen-bond donors (Lipinski definition) is 1. The van der Waals surface area contributed by atoms with Gasteiger partial charge < -0.3 is 18.6 Å². The summed E-state index contributed by atoms with van der Waals surface area (Å²) in [4.78, 5) is 12.2. The first-order valence-electron chi connectivity index (χ1n) is 7.18. The molecule has 0 saturated carbocycles. The minimum atomic E-state index is -0.275. The summed E-state index contributed by atoms with van der Waals surface area (Å²) in [5.74, 6) is 1.37. The van der Waals surface area contributed by atoms with E-state index in [1.165, 1.54) is 0 Å². The maximum absolute atomic E-state index is 12.2. The molecule has 1 amide bonds. The molecule has 4 rings (SSSR count). The van der Waals surface area contributed by atoms with Crippen molar-refractivity contribution in [3.63, 3.8) is 0 Å². The number of carbonyl (C=O) groups excluding carboxylic acids is 1. The molecule has 0 aliphatic carbocycles. The van der Waals surface area contributed by atoms with Gasteiger partial charge in [0.05, 0.1) is 18.4 Å². The first-order chi connectivity index (χ1) is 11.3. The third-order valence-corrected chi connectivity index (χ3v) is 3.54. The van der Waals surface area contributed by atoms with Crippen LogP contribution >= 0.6 is 0 Å². The van der Waals surface area contributed by atoms with Crippen molar-refractivity contribution < 1.29 is 18.0 Å². The van der Waals surface area contributed by atoms with Crippen molar-refractivity contribution in [2.75, 3.05) is 0 Å². The van der Waals surface area contributed by atoms with E-state index in [-0.39, 0.29) is 18.2 Å². The Hall–Kier alpha value is -3.21. The van der Waals surface area contributed by atoms with Gasteiger partial charge in [0.25, 0.3) is 5.91 Å². The fourth-order valence-electron chi connectivity index (χ4n) is 2.38. The van der Waals surface area contributed by atoms with E-state index in [0.29, 0.717) is 17.1 Å². The Kier molecular flexibility index (Phi) is 3.24. The van der Waals surface area contributed by atoms with Crippen molar-refractivity contribution in [1.82, 2.24) is 5.32 Å². The first-order valence-corrected chi connectivity index (χ1v) is 7.18. The van der Waals surface area contributed by atoms with Crippen LogP contribution in [-0.4, -0.2) is 5.91 Å². The lowest BCUT2D eigenvalue weighted by Gasteiger charge is -2.00. The summed E-state index contributed by atoms with van der Waals surface area (Å²) >= 11 is 0. The smallest absolute Gasteiger partial charge is 0.287 e. The molecule has 0 radical (unpaired) electrons. The predicted molar refractivity (Wildman–Crippen MR) is 83.8 cm³/mol. The van der Waals surface area contributed by atoms with Crippen LogP contribution in [-0.2, 0) is 6.54 Å². The van der Waals surface area contributed by atoms with Gasteiger partial charge in [-0.05, 0) is 30.3 Å². The molecule has 0 aliphatic rings. The molecule has 3 aromatic heterocycles. The fraction of sp³-hybridized carbons (Fsp3) is 0.0556. The minimum absolute atomic E-state index is 0.275. The second kappa shape index (κ2) is 5.53. The highest BCUT2D eigenvalue weighted by atomic mass is 16.4. The highest BCUT2D eigenvalue weighted by Crippen LogP contribution is 2.22. The Morgan fingerprint density at radius 1 is 1.04 bits per heavy atom. The highest BCUT2D eigenvalue weighted by Gasteiger charge is 2.13. The van der Waals surface area contributed by atoms with Crippen LogP contribution in [0.5, 0.6) is 0 Å². The van der Waals surface area contributed by atoms with Gasteiger partial charge in [-0.3, -0.25) is 4.79 Å². The summed E-state index contributed by atoms with van der Waals surface area (Å²) in [6, 6.07) is 14.7. The Balaban J connectivity index is 1.45. The van der Waals surface area contributed by atoms with Crippen LogP contribution in [0.2, 0.25) is 0 Å². The average molecular weight is 307 g/mol. The Labute approximate surface area is 131 Å². The summed E-state index contributed by atoms with van der Waals surface area (Å²) in [6.07, 6.45) is 3.19. The van der Waals surface area contributed by atoms with Gasteiger partial charge in [-0.15, -0.1) is 0 Å². The van der Waals surface area contributed by atoms with Gasteiger partial charge >= 0.3 is 0 Å². The van der Waals surface area contributed by atoms with Crippen molar-refractivity contribution in [1.29, 1.82) is 0 Å². The van der Waals surface area contributed by atoms with Gasteiger partial charge in [-0.1, -0.05) is 18.2 Å². The van der Waals surface area contributed by atoms with E-state index in [4.69, 9.17) is 13.3 Å². The van der Waals surface area contributed by atoms with Crippen LogP contribution in [0.15, 0.2) is 74.3 Å². The average Bonchev–Trinajstić information content (AvgIpc) is 3.31. The number of rotatable bonds is 4. The lowest BCUT2D eigenvalue weighted by molar-refractivity contribution is 0.0922. The number of fused-ring (bicyclic) bond motifs is 1. The molecule has 5 nitrogen and oxygen atoms in total. The monoisotopic (exact) mass is 307 g/mol. The molecule has 0 bridgehead atoms. The summed E-state index contributed by atoms with van der Waals surface area (Å²) in [6.45, 7) is 0.285. The van der Waals surface area contributed by atoms with Gasteiger partial charge in [-0.25, -0.2) is 0 Å². The second-order valence-electron chi connectivity index (χ2n) is 5.11. The number of hydrogen-bond acceptors (Lipinski definition) is 4. The molecule has 4 aromatic rings. The molecule has 0 unspecified atom stereocenters. The fourth-order valence-corrected chi connectivity index (χ4v) is 2.38. The van der Waals surface area contributed by atoms with Gasteiger partial charge in [0.15, 0.2) is 5.76 Å². The normalized spacial score (nSPS) is 11.0. The Morgan fingerprint density at radius 3 is 2.78 bits per heavy atom. The minimum Gasteiger partial charge on any atom is -0.472 e. The number of benzene rings is 1. The van der Waals surface area contributed by atoms with Crippen LogP contribution in [0.3, 0.4) is 0 Å². The standard InChI is InChI=1S/C18H13NO4/c20-18(17-9-12-3-1-2-4-15(12)23-17)19-10-14-5-6-16(22-14)13-7-8-21-11-13/h1-9,11H,10H2,(H,19,20). The van der Waals surface area contributed by atoms with Gasteiger partial charge in [0.2, 0.25) is 0 Å². The van der Waals surface area contributed by atoms with Gasteiger partial charge in [0.1, 0.15) is 23.4 Å². The third kappa shape index (κ3) is 2.64. The van der Waals surface area contributed by atoms with E-state index in [9.17, 15) is 4.79 Å². The van der Waals surface area contributed by atoms with Gasteiger partial charge in [-0.2, -0.15) is 0 Å². The highest BCUT2D eigenvalue weighted by molar-refractivity contribution is 5.95. The van der Waals surface area contributed by atoms with E-state index < -0.39 is 0 Å². The molecule has 0 atom stereocenters. The molecule has 23 heavy (non-hydrogen) atoms. The first kappa shape index (κ1) is 13.5. The molecule has 114 valence electrons. The number of carbonyl (C=O) groups is 1. The predicted octanol–water partition coefficient (Wildman–Crippen LogP) is 4.22. The van der Waals surface area contributed by atoms with E-state index in [2.05, 4.69) is 5.32 Å². The van der Waals surface area contributed by atoms with Crippen molar-refractivity contribution in [2.45, 2.75) is 6.54 Å². The number of nitrogens with one attached hydrogen (secondary N) is 1. The largest absolute Gasteiger partial charge is 0.472 e. The molecular weight excluding hydrogens is 294 g/mol. The Morgan fingerprint density at radius 2 is 1.96 bits per heavy atom. The second-order valence-corrected chi connectivity index (χ2v) is 5.11. The van der Waals surface area contributed by atoms with Crippen molar-refractivity contribution in [3.05, 3.63) is 72.6 Å². The van der Waals surface area contributed by atoms with Crippen molar-refractivity contribution in [3.8, 4) is 11.3 Å². The Bertz CT molecular complexity index is 913. The van der Waals surface area contributed by atoms with Crippen LogP contribution in [0.25, 0.3) is 22.3 Å². The number of para-hydroxylation sites is 1. The zero-order valence-corrected chi connectivity index (χ0v) is 12.1. The topological polar surface area (TPSA) is 68.5 Å². The van der Waals surface area contributed by atoms with Crippen LogP contribution in [0, 0.1) is 0 Å². The quantitative estimate of drug-likeness (QED) is 0.613. The summed E-state index contributed by atoms with van der Waals surface area (Å²) < 4.78 is 16.2. The number of amides is 1. The van der Waals surface area contributed by atoms with Crippen molar-refractivity contribution in [2.24, 2.45) is 0 Å². The zero-order valence-electron chi connectivity index (χ0n) is 12.1. The van der Waals surface area contributed by atoms with Crippen LogP contribution in [0.1, 0.15) is 16.3 Å². The summed E-state index contributed by atoms with van der Waals surface area (Å²) in [5, 5.41) is 3.69. The molecule has 3 heterocycles. The van der Waals surface area contributed by atoms with Crippen LogP contribution < -0.4 is 5.32 Å². The maximum atomic E-state index is 12.2. The summed E-state index contributed by atoms with van der Waals surface area (Å²) in [5.41, 5.74) is 1.55. The van der Waals surface area contributed by atoms with Crippen molar-refractivity contribution >= 4 is 16.9 Å². The molecular formula is C18H13NO4. The van der Waals surface area contributed by atoms with Gasteiger partial charge in [0, 0.05) is 5.39 Å². The SMILES string of the molecule is O=C(NCc1ccc(-c2ccoc2)o1)c1cc2ccccc2o1. The lowest BCUT2D eigenvalue weighted by Crippen LogP contribution is -2.21. The molecule has 1 aromatic carbocycles. The zero-order chi connectivity index (χ0) is 15.6. The molecule has 0 saturated heterocycles. The third-order valence-electron chi connectivity index (χ3n) is 3.54. The van der Waals surface area contributed by atoms with E-state index >= 15 is 0 Å². The van der Waals surface area contributed by atoms with E-state index in [0.717, 1.165) is 10.9 Å². The van der Waals surface area contributed by atoms with E-state index in [1.807, 2.05) is 42.5 Å². The molecule has 0 fully saturated rings.